The standard InChI is InChI=1S/C30H32N8O2.2ClH/c1-4-23-28-24(9-6-10-25(28)38(34-23)19-22-8-5-7-20(2)32-22)33-29(39)26-18-31-27-17-21(11-12-37(26)27)30(40)36-15-13-35(3)14-16-36;;/h5-12,17-18H,4,13-16,19H2,1-3H3,(H,33,39);2*1H. The van der Waals surface area contributed by atoms with Gasteiger partial charge in [0.1, 0.15) is 11.3 Å². The zero-order chi connectivity index (χ0) is 27.8. The fraction of sp³-hybridized carbons (Fsp3) is 0.300. The van der Waals surface area contributed by atoms with E-state index in [-0.39, 0.29) is 36.6 Å². The molecule has 1 saturated heterocycles. The van der Waals surface area contributed by atoms with Gasteiger partial charge in [-0.15, -0.1) is 24.8 Å². The van der Waals surface area contributed by atoms with Gasteiger partial charge in [-0.2, -0.15) is 5.10 Å². The molecular weight excluding hydrogens is 575 g/mol. The van der Waals surface area contributed by atoms with Crippen LogP contribution >= 0.6 is 24.8 Å². The third-order valence-electron chi connectivity index (χ3n) is 7.47. The highest BCUT2D eigenvalue weighted by Crippen LogP contribution is 2.28. The van der Waals surface area contributed by atoms with Crippen LogP contribution in [0.4, 0.5) is 5.69 Å². The highest BCUT2D eigenvalue weighted by Gasteiger charge is 2.22. The van der Waals surface area contributed by atoms with E-state index in [1.54, 1.807) is 28.9 Å². The Bertz CT molecular complexity index is 1740. The Morgan fingerprint density at radius 3 is 2.50 bits per heavy atom. The number of likely N-dealkylation sites (N-methyl/N-ethyl adjacent to an activating group) is 1. The first-order chi connectivity index (χ1) is 19.4. The molecule has 2 amide bonds. The molecule has 1 fully saturated rings. The van der Waals surface area contributed by atoms with Crippen LogP contribution in [-0.4, -0.2) is 79.0 Å². The van der Waals surface area contributed by atoms with E-state index in [1.807, 2.05) is 52.9 Å². The summed E-state index contributed by atoms with van der Waals surface area (Å²) in [6, 6.07) is 15.3. The van der Waals surface area contributed by atoms with Crippen molar-refractivity contribution in [2.24, 2.45) is 0 Å². The molecule has 1 N–H and O–H groups in total. The molecule has 0 aliphatic carbocycles. The molecule has 1 aromatic carbocycles. The van der Waals surface area contributed by atoms with Crippen LogP contribution < -0.4 is 5.32 Å². The Kier molecular flexibility index (Phi) is 9.50. The maximum atomic E-state index is 13.5. The van der Waals surface area contributed by atoms with E-state index in [2.05, 4.69) is 34.2 Å². The molecule has 0 spiro atoms. The van der Waals surface area contributed by atoms with Gasteiger partial charge in [-0.05, 0) is 56.8 Å². The number of fused-ring (bicyclic) bond motifs is 2. The Morgan fingerprint density at radius 2 is 1.76 bits per heavy atom. The van der Waals surface area contributed by atoms with Gasteiger partial charge >= 0.3 is 0 Å². The SMILES string of the molecule is CCc1nn(Cc2cccc(C)n2)c2cccc(NC(=O)c3cnc4cc(C(=O)N5CCN(C)CC5)ccn34)c12.Cl.Cl. The Hall–Kier alpha value is -3.99. The fourth-order valence-corrected chi connectivity index (χ4v) is 5.28. The minimum absolute atomic E-state index is 0. The zero-order valence-electron chi connectivity index (χ0n) is 23.8. The first kappa shape index (κ1) is 31.0. The molecule has 10 nitrogen and oxygen atoms in total. The van der Waals surface area contributed by atoms with Crippen LogP contribution in [-0.2, 0) is 13.0 Å². The lowest BCUT2D eigenvalue weighted by Gasteiger charge is -2.32. The van der Waals surface area contributed by atoms with Crippen molar-refractivity contribution >= 4 is 58.9 Å². The topological polar surface area (TPSA) is 101 Å². The lowest BCUT2D eigenvalue weighted by atomic mass is 10.1. The smallest absolute Gasteiger partial charge is 0.274 e. The number of carbonyl (C=O) groups excluding carboxylic acids is 2. The summed E-state index contributed by atoms with van der Waals surface area (Å²) in [4.78, 5) is 39.6. The molecule has 0 unspecified atom stereocenters. The number of carbonyl (C=O) groups is 2. The van der Waals surface area contributed by atoms with Gasteiger partial charge in [-0.25, -0.2) is 4.98 Å². The van der Waals surface area contributed by atoms with Gasteiger partial charge in [0, 0.05) is 49.0 Å². The molecule has 1 aliphatic rings. The van der Waals surface area contributed by atoms with Crippen LogP contribution in [0.25, 0.3) is 16.6 Å². The lowest BCUT2D eigenvalue weighted by molar-refractivity contribution is 0.0664. The second kappa shape index (κ2) is 12.9. The highest BCUT2D eigenvalue weighted by atomic mass is 35.5. The number of piperazine rings is 1. The second-order valence-corrected chi connectivity index (χ2v) is 10.3. The number of nitrogens with one attached hydrogen (secondary N) is 1. The summed E-state index contributed by atoms with van der Waals surface area (Å²) in [6.45, 7) is 7.69. The van der Waals surface area contributed by atoms with E-state index in [1.165, 1.54) is 0 Å². The second-order valence-electron chi connectivity index (χ2n) is 10.3. The van der Waals surface area contributed by atoms with Gasteiger partial charge in [0.15, 0.2) is 0 Å². The van der Waals surface area contributed by atoms with E-state index in [0.29, 0.717) is 42.2 Å². The predicted molar refractivity (Wildman–Crippen MR) is 168 cm³/mol. The molecule has 5 aromatic rings. The van der Waals surface area contributed by atoms with Crippen molar-refractivity contribution in [2.45, 2.75) is 26.8 Å². The van der Waals surface area contributed by atoms with Gasteiger partial charge in [-0.1, -0.05) is 19.1 Å². The molecule has 6 rings (SSSR count). The maximum Gasteiger partial charge on any atom is 0.274 e. The van der Waals surface area contributed by atoms with Crippen LogP contribution in [0.5, 0.6) is 0 Å². The summed E-state index contributed by atoms with van der Waals surface area (Å²) in [5, 5.41) is 8.85. The number of benzene rings is 1. The number of imidazole rings is 1. The van der Waals surface area contributed by atoms with Crippen molar-refractivity contribution < 1.29 is 9.59 Å². The van der Waals surface area contributed by atoms with Crippen molar-refractivity contribution in [1.82, 2.24) is 33.9 Å². The summed E-state index contributed by atoms with van der Waals surface area (Å²) in [7, 11) is 2.06. The van der Waals surface area contributed by atoms with Crippen molar-refractivity contribution in [3.05, 3.63) is 89.3 Å². The average molecular weight is 610 g/mol. The normalized spacial score (nSPS) is 13.5. The highest BCUT2D eigenvalue weighted by molar-refractivity contribution is 6.09. The molecule has 220 valence electrons. The first-order valence-corrected chi connectivity index (χ1v) is 13.6. The van der Waals surface area contributed by atoms with Crippen LogP contribution in [0, 0.1) is 6.92 Å². The summed E-state index contributed by atoms with van der Waals surface area (Å²) in [6.07, 6.45) is 4.01. The van der Waals surface area contributed by atoms with E-state index in [0.717, 1.165) is 47.5 Å². The van der Waals surface area contributed by atoms with Gasteiger partial charge in [0.05, 0.1) is 35.3 Å². The molecule has 42 heavy (non-hydrogen) atoms. The molecular formula is C30H34Cl2N8O2. The number of halogens is 2. The third kappa shape index (κ3) is 5.97. The number of amides is 2. The number of pyridine rings is 2. The third-order valence-corrected chi connectivity index (χ3v) is 7.47. The quantitative estimate of drug-likeness (QED) is 0.305. The molecule has 5 heterocycles. The monoisotopic (exact) mass is 608 g/mol. The number of anilines is 1. The lowest BCUT2D eigenvalue weighted by Crippen LogP contribution is -2.47. The predicted octanol–water partition coefficient (Wildman–Crippen LogP) is 4.48. The number of hydrogen-bond acceptors (Lipinski definition) is 6. The van der Waals surface area contributed by atoms with Gasteiger partial charge < -0.3 is 15.1 Å². The summed E-state index contributed by atoms with van der Waals surface area (Å²) < 4.78 is 3.66. The summed E-state index contributed by atoms with van der Waals surface area (Å²) in [5.41, 5.74) is 5.93. The number of rotatable bonds is 6. The minimum atomic E-state index is -0.284. The molecule has 0 atom stereocenters. The largest absolute Gasteiger partial charge is 0.336 e. The van der Waals surface area contributed by atoms with E-state index < -0.39 is 0 Å². The summed E-state index contributed by atoms with van der Waals surface area (Å²) in [5.74, 6) is -0.297. The average Bonchev–Trinajstić information content (AvgIpc) is 3.55. The van der Waals surface area contributed by atoms with Crippen LogP contribution in [0.2, 0.25) is 0 Å². The number of aryl methyl sites for hydroxylation is 2. The first-order valence-electron chi connectivity index (χ1n) is 13.6. The van der Waals surface area contributed by atoms with Crippen molar-refractivity contribution in [2.75, 3.05) is 38.5 Å². The van der Waals surface area contributed by atoms with Gasteiger partial charge in [0.2, 0.25) is 0 Å². The van der Waals surface area contributed by atoms with E-state index >= 15 is 0 Å². The minimum Gasteiger partial charge on any atom is -0.336 e. The fourth-order valence-electron chi connectivity index (χ4n) is 5.28. The van der Waals surface area contributed by atoms with Crippen LogP contribution in [0.1, 0.15) is 44.9 Å². The van der Waals surface area contributed by atoms with Crippen LogP contribution in [0.15, 0.2) is 60.9 Å². The van der Waals surface area contributed by atoms with Crippen molar-refractivity contribution in [3.8, 4) is 0 Å². The zero-order valence-corrected chi connectivity index (χ0v) is 25.4. The van der Waals surface area contributed by atoms with Crippen molar-refractivity contribution in [3.63, 3.8) is 0 Å². The molecule has 12 heteroatoms. The number of nitrogens with zero attached hydrogens (tertiary/aromatic N) is 7. The van der Waals surface area contributed by atoms with E-state index in [9.17, 15) is 9.59 Å². The molecule has 0 saturated carbocycles. The number of hydrogen-bond donors (Lipinski definition) is 1. The molecule has 0 bridgehead atoms. The molecule has 4 aromatic heterocycles. The van der Waals surface area contributed by atoms with Gasteiger partial charge in [0.25, 0.3) is 11.8 Å². The van der Waals surface area contributed by atoms with E-state index in [4.69, 9.17) is 5.10 Å². The van der Waals surface area contributed by atoms with Crippen molar-refractivity contribution in [1.29, 1.82) is 0 Å². The van der Waals surface area contributed by atoms with Crippen LogP contribution in [0.3, 0.4) is 0 Å². The Labute approximate surface area is 256 Å². The Balaban J connectivity index is 0.00000202. The maximum absolute atomic E-state index is 13.5. The Morgan fingerprint density at radius 1 is 1.00 bits per heavy atom. The number of aromatic nitrogens is 5. The molecule has 1 aliphatic heterocycles. The summed E-state index contributed by atoms with van der Waals surface area (Å²) >= 11 is 0. The van der Waals surface area contributed by atoms with Gasteiger partial charge in [-0.3, -0.25) is 23.7 Å². The molecule has 0 radical (unpaired) electrons.